The van der Waals surface area contributed by atoms with Gasteiger partial charge in [-0.2, -0.15) is 0 Å². The minimum absolute atomic E-state index is 0.0910. The Balaban J connectivity index is 1.86. The summed E-state index contributed by atoms with van der Waals surface area (Å²) in [4.78, 5) is 17.4. The van der Waals surface area contributed by atoms with Crippen LogP contribution in [-0.4, -0.2) is 34.0 Å². The van der Waals surface area contributed by atoms with E-state index in [-0.39, 0.29) is 11.9 Å². The molecule has 2 N–H and O–H groups in total. The van der Waals surface area contributed by atoms with Crippen molar-refractivity contribution in [2.45, 2.75) is 51.5 Å². The number of aromatic amines is 1. The van der Waals surface area contributed by atoms with Crippen molar-refractivity contribution < 1.29 is 9.90 Å². The zero-order valence-corrected chi connectivity index (χ0v) is 16.5. The number of hydrogen-bond donors (Lipinski definition) is 2. The molecule has 4 rings (SSSR count). The van der Waals surface area contributed by atoms with Gasteiger partial charge in [-0.05, 0) is 30.9 Å². The van der Waals surface area contributed by atoms with Gasteiger partial charge in [0, 0.05) is 29.6 Å². The summed E-state index contributed by atoms with van der Waals surface area (Å²) in [6.07, 6.45) is 6.86. The first-order valence-corrected chi connectivity index (χ1v) is 10.2. The van der Waals surface area contributed by atoms with E-state index in [1.807, 2.05) is 13.0 Å². The molecule has 140 valence electrons. The Bertz CT molecular complexity index is 855. The van der Waals surface area contributed by atoms with Crippen LogP contribution < -0.4 is 0 Å². The lowest BCUT2D eigenvalue weighted by Gasteiger charge is -2.33. The zero-order valence-electron chi connectivity index (χ0n) is 14.9. The minimum Gasteiger partial charge on any atom is -0.387 e. The molecule has 2 heterocycles. The van der Waals surface area contributed by atoms with Gasteiger partial charge >= 0.3 is 0 Å². The second-order valence-corrected chi connectivity index (χ2v) is 8.41. The van der Waals surface area contributed by atoms with Gasteiger partial charge in [0.05, 0.1) is 21.6 Å². The number of aliphatic hydroxyl groups is 1. The van der Waals surface area contributed by atoms with Crippen LogP contribution in [0.1, 0.15) is 55.5 Å². The number of amides is 1. The maximum absolute atomic E-state index is 12.1. The average molecular weight is 395 g/mol. The van der Waals surface area contributed by atoms with Gasteiger partial charge in [0.15, 0.2) is 0 Å². The topological polar surface area (TPSA) is 56.3 Å². The predicted octanol–water partition coefficient (Wildman–Crippen LogP) is 4.65. The molecule has 1 fully saturated rings. The number of H-pyrrole nitrogens is 1. The number of hydrogen-bond acceptors (Lipinski definition) is 2. The summed E-state index contributed by atoms with van der Waals surface area (Å²) in [5.41, 5.74) is 4.39. The van der Waals surface area contributed by atoms with Crippen LogP contribution in [0.4, 0.5) is 0 Å². The van der Waals surface area contributed by atoms with E-state index < -0.39 is 6.61 Å². The monoisotopic (exact) mass is 394 g/mol. The molecule has 1 atom stereocenters. The van der Waals surface area contributed by atoms with Crippen molar-refractivity contribution in [2.24, 2.45) is 5.92 Å². The number of aromatic nitrogens is 1. The molecule has 4 nitrogen and oxygen atoms in total. The highest BCUT2D eigenvalue weighted by atomic mass is 35.5. The largest absolute Gasteiger partial charge is 0.387 e. The zero-order chi connectivity index (χ0) is 18.4. The number of carbonyl (C=O) groups is 1. The van der Waals surface area contributed by atoms with Crippen molar-refractivity contribution >= 4 is 40.0 Å². The third-order valence-electron chi connectivity index (χ3n) is 6.10. The fourth-order valence-electron chi connectivity index (χ4n) is 4.83. The minimum atomic E-state index is -0.455. The van der Waals surface area contributed by atoms with E-state index in [0.29, 0.717) is 22.5 Å². The summed E-state index contributed by atoms with van der Waals surface area (Å²) in [5, 5.41) is 11.6. The summed E-state index contributed by atoms with van der Waals surface area (Å²) in [6.45, 7) is 2.17. The molecule has 1 amide bonds. The molecule has 1 aromatic heterocycles. The number of nitrogens with one attached hydrogen (secondary N) is 1. The van der Waals surface area contributed by atoms with E-state index >= 15 is 0 Å². The lowest BCUT2D eigenvalue weighted by atomic mass is 9.90. The summed E-state index contributed by atoms with van der Waals surface area (Å²) < 4.78 is 0. The number of fused-ring (bicyclic) bond motifs is 3. The molecule has 2 aromatic rings. The molecule has 0 unspecified atom stereocenters. The first-order valence-electron chi connectivity index (χ1n) is 9.43. The Kier molecular flexibility index (Phi) is 4.93. The molecule has 0 saturated heterocycles. The van der Waals surface area contributed by atoms with Gasteiger partial charge in [-0.15, -0.1) is 0 Å². The van der Waals surface area contributed by atoms with E-state index in [1.54, 1.807) is 4.90 Å². The number of benzene rings is 1. The molecule has 0 radical (unpaired) electrons. The second kappa shape index (κ2) is 7.06. The normalized spacial score (nSPS) is 20.8. The summed E-state index contributed by atoms with van der Waals surface area (Å²) in [7, 11) is 0. The Hall–Kier alpha value is -1.23. The third kappa shape index (κ3) is 2.92. The molecule has 2 aliphatic rings. The SMILES string of the molecule is C[C@H]1c2c([nH]c3c(Cl)c(Cl)cc(CC4CCCC4)c23)CCN1C(=O)CO. The fraction of sp³-hybridized carbons (Fsp3) is 0.550. The highest BCUT2D eigenvalue weighted by molar-refractivity contribution is 6.45. The molecule has 1 aromatic carbocycles. The summed E-state index contributed by atoms with van der Waals surface area (Å²) in [6, 6.07) is 1.92. The molecule has 0 bridgehead atoms. The van der Waals surface area contributed by atoms with Gasteiger partial charge in [0.2, 0.25) is 5.91 Å². The van der Waals surface area contributed by atoms with Crippen molar-refractivity contribution in [3.05, 3.63) is 32.9 Å². The third-order valence-corrected chi connectivity index (χ3v) is 6.89. The molecule has 1 aliphatic carbocycles. The molecule has 1 saturated carbocycles. The van der Waals surface area contributed by atoms with E-state index in [0.717, 1.165) is 35.0 Å². The molecular formula is C20H24Cl2N2O2. The van der Waals surface area contributed by atoms with Gasteiger partial charge in [-0.1, -0.05) is 48.9 Å². The van der Waals surface area contributed by atoms with Crippen molar-refractivity contribution in [2.75, 3.05) is 13.2 Å². The van der Waals surface area contributed by atoms with Gasteiger partial charge in [0.25, 0.3) is 0 Å². The molecule has 0 spiro atoms. The van der Waals surface area contributed by atoms with Gasteiger partial charge < -0.3 is 15.0 Å². The maximum atomic E-state index is 12.1. The summed E-state index contributed by atoms with van der Waals surface area (Å²) in [5.74, 6) is 0.463. The van der Waals surface area contributed by atoms with Crippen molar-refractivity contribution in [1.82, 2.24) is 9.88 Å². The van der Waals surface area contributed by atoms with Crippen LogP contribution in [0.2, 0.25) is 10.0 Å². The predicted molar refractivity (Wildman–Crippen MR) is 105 cm³/mol. The quantitative estimate of drug-likeness (QED) is 0.795. The second-order valence-electron chi connectivity index (χ2n) is 7.62. The first kappa shape index (κ1) is 18.1. The van der Waals surface area contributed by atoms with Gasteiger partial charge in [-0.25, -0.2) is 0 Å². The Morgan fingerprint density at radius 2 is 2.08 bits per heavy atom. The van der Waals surface area contributed by atoms with E-state index in [1.165, 1.54) is 31.2 Å². The Morgan fingerprint density at radius 3 is 2.77 bits per heavy atom. The van der Waals surface area contributed by atoms with E-state index in [4.69, 9.17) is 23.2 Å². The van der Waals surface area contributed by atoms with E-state index in [9.17, 15) is 9.90 Å². The molecule has 1 aliphatic heterocycles. The number of rotatable bonds is 3. The van der Waals surface area contributed by atoms with Gasteiger partial charge in [-0.3, -0.25) is 4.79 Å². The number of aliphatic hydroxyl groups excluding tert-OH is 1. The average Bonchev–Trinajstić information content (AvgIpc) is 3.27. The fourth-order valence-corrected chi connectivity index (χ4v) is 5.25. The molecule has 26 heavy (non-hydrogen) atoms. The van der Waals surface area contributed by atoms with Crippen LogP contribution in [0, 0.1) is 5.92 Å². The molecule has 6 heteroatoms. The van der Waals surface area contributed by atoms with E-state index in [2.05, 4.69) is 4.98 Å². The Labute approximate surface area is 163 Å². The summed E-state index contributed by atoms with van der Waals surface area (Å²) >= 11 is 13.0. The highest BCUT2D eigenvalue weighted by Crippen LogP contribution is 2.43. The maximum Gasteiger partial charge on any atom is 0.248 e. The van der Waals surface area contributed by atoms with Crippen LogP contribution in [0.3, 0.4) is 0 Å². The number of nitrogens with zero attached hydrogens (tertiary/aromatic N) is 1. The van der Waals surface area contributed by atoms with Gasteiger partial charge in [0.1, 0.15) is 6.61 Å². The highest BCUT2D eigenvalue weighted by Gasteiger charge is 2.32. The van der Waals surface area contributed by atoms with Crippen LogP contribution in [0.5, 0.6) is 0 Å². The van der Waals surface area contributed by atoms with Crippen molar-refractivity contribution in [1.29, 1.82) is 0 Å². The van der Waals surface area contributed by atoms with Crippen LogP contribution in [-0.2, 0) is 17.6 Å². The standard InChI is InChI=1S/C20H24Cl2N2O2/c1-11-17-15(6-7-24(11)16(26)10-25)23-20-18(17)13(9-14(21)19(20)22)8-12-4-2-3-5-12/h9,11-12,23,25H,2-8,10H2,1H3/t11-/m0/s1. The van der Waals surface area contributed by atoms with Crippen LogP contribution >= 0.6 is 23.2 Å². The Morgan fingerprint density at radius 1 is 1.35 bits per heavy atom. The lowest BCUT2D eigenvalue weighted by Crippen LogP contribution is -2.40. The van der Waals surface area contributed by atoms with Crippen molar-refractivity contribution in [3.8, 4) is 0 Å². The smallest absolute Gasteiger partial charge is 0.248 e. The molecular weight excluding hydrogens is 371 g/mol. The number of halogens is 2. The van der Waals surface area contributed by atoms with Crippen LogP contribution in [0.15, 0.2) is 6.07 Å². The first-order chi connectivity index (χ1) is 12.5. The van der Waals surface area contributed by atoms with Crippen LogP contribution in [0.25, 0.3) is 10.9 Å². The lowest BCUT2D eigenvalue weighted by molar-refractivity contribution is -0.136. The number of carbonyl (C=O) groups excluding carboxylic acids is 1. The van der Waals surface area contributed by atoms with Crippen molar-refractivity contribution in [3.63, 3.8) is 0 Å².